The van der Waals surface area contributed by atoms with E-state index in [1.807, 2.05) is 20.1 Å². The second-order valence-corrected chi connectivity index (χ2v) is 10.1. The van der Waals surface area contributed by atoms with Gasteiger partial charge >= 0.3 is 90.6 Å². The second kappa shape index (κ2) is 8.34. The predicted molar refractivity (Wildman–Crippen MR) is 59.8 cm³/mol. The molecule has 0 aromatic rings. The first-order chi connectivity index (χ1) is 6.18. The van der Waals surface area contributed by atoms with Crippen LogP contribution < -0.4 is 0 Å². The van der Waals surface area contributed by atoms with Gasteiger partial charge in [0.05, 0.1) is 0 Å². The Morgan fingerprint density at radius 1 is 1.31 bits per heavy atom. The molecule has 0 fully saturated rings. The molecule has 0 aromatic carbocycles. The van der Waals surface area contributed by atoms with E-state index in [9.17, 15) is 4.57 Å². The standard InChI is InChI=1S/C7H17O3PSSe/c1-4-9-11(8,10-5-2)13-7-6-12-3/h4-7H2,1-3H3. The van der Waals surface area contributed by atoms with E-state index in [0.717, 1.165) is 11.1 Å². The van der Waals surface area contributed by atoms with Gasteiger partial charge in [0.1, 0.15) is 0 Å². The van der Waals surface area contributed by atoms with E-state index in [1.165, 1.54) is 0 Å². The van der Waals surface area contributed by atoms with Crippen LogP contribution in [0.5, 0.6) is 0 Å². The molecule has 0 bridgehead atoms. The Morgan fingerprint density at radius 3 is 2.23 bits per heavy atom. The third-order valence-corrected chi connectivity index (χ3v) is 8.85. The maximum absolute atomic E-state index is 11.9. The van der Waals surface area contributed by atoms with Crippen molar-refractivity contribution >= 4 is 32.6 Å². The number of hydrogen-bond acceptors (Lipinski definition) is 4. The number of hydrogen-bond donors (Lipinski definition) is 0. The summed E-state index contributed by atoms with van der Waals surface area (Å²) in [6.45, 7) is 4.63. The van der Waals surface area contributed by atoms with Gasteiger partial charge < -0.3 is 0 Å². The first-order valence-electron chi connectivity index (χ1n) is 4.21. The quantitative estimate of drug-likeness (QED) is 0.391. The Labute approximate surface area is 90.6 Å². The van der Waals surface area contributed by atoms with Crippen molar-refractivity contribution in [3.8, 4) is 0 Å². The van der Waals surface area contributed by atoms with Crippen LogP contribution in [0.4, 0.5) is 0 Å². The Morgan fingerprint density at radius 2 is 1.85 bits per heavy atom. The van der Waals surface area contributed by atoms with Crippen LogP contribution in [0.3, 0.4) is 0 Å². The van der Waals surface area contributed by atoms with Gasteiger partial charge in [0.2, 0.25) is 0 Å². The van der Waals surface area contributed by atoms with E-state index < -0.39 is 6.29 Å². The van der Waals surface area contributed by atoms with Crippen molar-refractivity contribution < 1.29 is 13.6 Å². The van der Waals surface area contributed by atoms with Gasteiger partial charge in [0.25, 0.3) is 0 Å². The molecule has 0 saturated carbocycles. The molecule has 0 N–H and O–H groups in total. The van der Waals surface area contributed by atoms with Gasteiger partial charge in [-0.1, -0.05) is 0 Å². The van der Waals surface area contributed by atoms with E-state index >= 15 is 0 Å². The van der Waals surface area contributed by atoms with Crippen LogP contribution in [0.15, 0.2) is 0 Å². The van der Waals surface area contributed by atoms with E-state index in [0.29, 0.717) is 13.2 Å². The summed E-state index contributed by atoms with van der Waals surface area (Å²) < 4.78 is 22.2. The van der Waals surface area contributed by atoms with Crippen molar-refractivity contribution in [1.29, 1.82) is 0 Å². The molecular weight excluding hydrogens is 274 g/mol. The SMILES string of the molecule is CCOP(=O)(OCC)[Se]CCSC. The number of rotatable bonds is 8. The molecule has 0 rings (SSSR count). The molecule has 0 unspecified atom stereocenters. The third kappa shape index (κ3) is 7.01. The van der Waals surface area contributed by atoms with Gasteiger partial charge in [0.15, 0.2) is 0 Å². The molecule has 0 aliphatic rings. The molecule has 0 spiro atoms. The van der Waals surface area contributed by atoms with Crippen molar-refractivity contribution in [2.24, 2.45) is 0 Å². The normalized spacial score (nSPS) is 11.9. The molecule has 0 aliphatic heterocycles. The van der Waals surface area contributed by atoms with E-state index in [2.05, 4.69) is 0 Å². The van der Waals surface area contributed by atoms with E-state index in [-0.39, 0.29) is 14.5 Å². The fourth-order valence-electron chi connectivity index (χ4n) is 0.660. The van der Waals surface area contributed by atoms with Crippen LogP contribution in [0.25, 0.3) is 0 Å². The van der Waals surface area contributed by atoms with Gasteiger partial charge in [-0.3, -0.25) is 0 Å². The summed E-state index contributed by atoms with van der Waals surface area (Å²) in [5, 5.41) is 0.950. The zero-order chi connectivity index (χ0) is 10.2. The summed E-state index contributed by atoms with van der Waals surface area (Å²) in [6, 6.07) is 0. The van der Waals surface area contributed by atoms with Crippen LogP contribution in [-0.2, 0) is 13.6 Å². The Balaban J connectivity index is 3.85. The molecule has 0 amide bonds. The minimum absolute atomic E-state index is 0.0258. The summed E-state index contributed by atoms with van der Waals surface area (Å²) in [5.41, 5.74) is 0. The topological polar surface area (TPSA) is 35.5 Å². The predicted octanol–water partition coefficient (Wildman–Crippen LogP) is 2.65. The van der Waals surface area contributed by atoms with Gasteiger partial charge in [-0.25, -0.2) is 0 Å². The molecular formula is C7H17O3PSSe. The van der Waals surface area contributed by atoms with Crippen molar-refractivity contribution in [3.05, 3.63) is 0 Å². The Hall–Kier alpha value is 1.02. The minimum atomic E-state index is -2.70. The van der Waals surface area contributed by atoms with Gasteiger partial charge in [-0.15, -0.1) is 0 Å². The Bertz CT molecular complexity index is 158. The molecule has 0 aliphatic carbocycles. The first-order valence-corrected chi connectivity index (χ1v) is 10.6. The van der Waals surface area contributed by atoms with Crippen LogP contribution >= 0.6 is 18.0 Å². The molecule has 0 aromatic heterocycles. The van der Waals surface area contributed by atoms with Crippen molar-refractivity contribution in [1.82, 2.24) is 0 Å². The third-order valence-electron chi connectivity index (χ3n) is 1.11. The second-order valence-electron chi connectivity index (χ2n) is 2.11. The van der Waals surface area contributed by atoms with Crippen molar-refractivity contribution in [2.45, 2.75) is 19.2 Å². The van der Waals surface area contributed by atoms with Gasteiger partial charge in [0, 0.05) is 0 Å². The maximum atomic E-state index is 11.9. The zero-order valence-corrected chi connectivity index (χ0v) is 11.7. The van der Waals surface area contributed by atoms with Crippen molar-refractivity contribution in [3.63, 3.8) is 0 Å². The molecule has 0 atom stereocenters. The molecule has 0 radical (unpaired) electrons. The van der Waals surface area contributed by atoms with Crippen LogP contribution in [0.2, 0.25) is 5.32 Å². The molecule has 3 nitrogen and oxygen atoms in total. The fourth-order valence-corrected chi connectivity index (χ4v) is 8.33. The summed E-state index contributed by atoms with van der Waals surface area (Å²) in [7, 11) is 0. The molecule has 0 saturated heterocycles. The van der Waals surface area contributed by atoms with Gasteiger partial charge in [-0.2, -0.15) is 0 Å². The van der Waals surface area contributed by atoms with Crippen LogP contribution in [-0.4, -0.2) is 39.7 Å². The molecule has 80 valence electrons. The molecule has 6 heteroatoms. The Kier molecular flexibility index (Phi) is 8.99. The van der Waals surface area contributed by atoms with Crippen LogP contribution in [0, 0.1) is 0 Å². The summed E-state index contributed by atoms with van der Waals surface area (Å²) in [4.78, 5) is 0. The average Bonchev–Trinajstić information content (AvgIpc) is 2.05. The van der Waals surface area contributed by atoms with Crippen LogP contribution in [0.1, 0.15) is 13.8 Å². The summed E-state index contributed by atoms with van der Waals surface area (Å²) in [5.74, 6) is 1.03. The molecule has 0 heterocycles. The number of thioether (sulfide) groups is 1. The zero-order valence-electron chi connectivity index (χ0n) is 8.32. The summed E-state index contributed by atoms with van der Waals surface area (Å²) in [6.07, 6.45) is -0.656. The monoisotopic (exact) mass is 292 g/mol. The van der Waals surface area contributed by atoms with E-state index in [1.54, 1.807) is 11.8 Å². The fraction of sp³-hybridized carbons (Fsp3) is 1.00. The molecule has 13 heavy (non-hydrogen) atoms. The summed E-state index contributed by atoms with van der Waals surface area (Å²) >= 11 is 1.74. The average molecular weight is 291 g/mol. The van der Waals surface area contributed by atoms with E-state index in [4.69, 9.17) is 9.05 Å². The first kappa shape index (κ1) is 14.0. The van der Waals surface area contributed by atoms with Gasteiger partial charge in [-0.05, 0) is 0 Å². The van der Waals surface area contributed by atoms with Crippen molar-refractivity contribution in [2.75, 3.05) is 25.2 Å².